The summed E-state index contributed by atoms with van der Waals surface area (Å²) in [7, 11) is 0.762. The van der Waals surface area contributed by atoms with Crippen molar-refractivity contribution in [2.24, 2.45) is 5.92 Å². The molecule has 0 saturated carbocycles. The third-order valence-electron chi connectivity index (χ3n) is 4.68. The van der Waals surface area contributed by atoms with E-state index in [1.54, 1.807) is 0 Å². The van der Waals surface area contributed by atoms with Crippen LogP contribution in [0.5, 0.6) is 0 Å². The fourth-order valence-corrected chi connectivity index (χ4v) is 4.49. The SMILES string of the molecule is CCCCCCCC(=O)SC(C)C(C)C(C)(CCC)O[SiH3]. The van der Waals surface area contributed by atoms with Crippen molar-refractivity contribution in [3.05, 3.63) is 0 Å². The predicted molar refractivity (Wildman–Crippen MR) is 98.9 cm³/mol. The van der Waals surface area contributed by atoms with E-state index in [1.165, 1.54) is 37.4 Å². The molecule has 0 amide bonds. The van der Waals surface area contributed by atoms with E-state index in [9.17, 15) is 4.79 Å². The van der Waals surface area contributed by atoms with Crippen molar-refractivity contribution in [3.8, 4) is 0 Å². The summed E-state index contributed by atoms with van der Waals surface area (Å²) in [5, 5.41) is 0.691. The standard InChI is InChI=1S/C17H36O2SSi/c1-6-8-9-10-11-12-16(18)20-15(4)14(3)17(5,19-21)13-7-2/h14-15H,6-13H2,1-5,21H3. The van der Waals surface area contributed by atoms with Gasteiger partial charge in [0.05, 0.1) is 5.60 Å². The van der Waals surface area contributed by atoms with Gasteiger partial charge in [0.1, 0.15) is 10.5 Å². The number of carbonyl (C=O) groups excluding carboxylic acids is 1. The van der Waals surface area contributed by atoms with Crippen LogP contribution in [0.25, 0.3) is 0 Å². The van der Waals surface area contributed by atoms with Gasteiger partial charge < -0.3 is 4.43 Å². The van der Waals surface area contributed by atoms with Gasteiger partial charge in [0, 0.05) is 11.7 Å². The first-order chi connectivity index (χ1) is 9.91. The molecule has 126 valence electrons. The van der Waals surface area contributed by atoms with Gasteiger partial charge in [-0.15, -0.1) is 0 Å². The molecule has 0 radical (unpaired) electrons. The number of rotatable bonds is 12. The highest BCUT2D eigenvalue weighted by molar-refractivity contribution is 8.14. The smallest absolute Gasteiger partial charge is 0.189 e. The van der Waals surface area contributed by atoms with E-state index in [0.29, 0.717) is 16.3 Å². The molecule has 0 aromatic heterocycles. The molecule has 0 heterocycles. The number of hydrogen-bond donors (Lipinski definition) is 0. The third kappa shape index (κ3) is 8.41. The maximum Gasteiger partial charge on any atom is 0.189 e. The number of thioether (sulfide) groups is 1. The second-order valence-corrected chi connectivity index (χ2v) is 8.26. The zero-order valence-electron chi connectivity index (χ0n) is 15.0. The van der Waals surface area contributed by atoms with Crippen molar-refractivity contribution in [1.82, 2.24) is 0 Å². The molecule has 0 bridgehead atoms. The summed E-state index contributed by atoms with van der Waals surface area (Å²) in [4.78, 5) is 12.1. The molecule has 4 heteroatoms. The lowest BCUT2D eigenvalue weighted by Gasteiger charge is -2.38. The summed E-state index contributed by atoms with van der Waals surface area (Å²) in [6.07, 6.45) is 9.01. The fraction of sp³-hybridized carbons (Fsp3) is 0.941. The lowest BCUT2D eigenvalue weighted by Crippen LogP contribution is -2.40. The van der Waals surface area contributed by atoms with Crippen LogP contribution >= 0.6 is 11.8 Å². The molecular weight excluding hydrogens is 296 g/mol. The van der Waals surface area contributed by atoms with E-state index < -0.39 is 0 Å². The summed E-state index contributed by atoms with van der Waals surface area (Å²) in [6, 6.07) is 0. The van der Waals surface area contributed by atoms with Crippen LogP contribution in [-0.2, 0) is 9.22 Å². The molecule has 0 fully saturated rings. The van der Waals surface area contributed by atoms with Crippen molar-refractivity contribution < 1.29 is 9.22 Å². The van der Waals surface area contributed by atoms with Gasteiger partial charge in [0.25, 0.3) is 0 Å². The highest BCUT2D eigenvalue weighted by Gasteiger charge is 2.34. The third-order valence-corrected chi connectivity index (χ3v) is 6.86. The first-order valence-electron chi connectivity index (χ1n) is 8.65. The summed E-state index contributed by atoms with van der Waals surface area (Å²) >= 11 is 1.54. The fourth-order valence-electron chi connectivity index (χ4n) is 2.75. The molecule has 0 aliphatic carbocycles. The highest BCUT2D eigenvalue weighted by atomic mass is 32.2. The van der Waals surface area contributed by atoms with Crippen molar-refractivity contribution in [2.75, 3.05) is 0 Å². The van der Waals surface area contributed by atoms with Gasteiger partial charge in [-0.05, 0) is 25.7 Å². The summed E-state index contributed by atoms with van der Waals surface area (Å²) < 4.78 is 5.88. The number of hydrogen-bond acceptors (Lipinski definition) is 3. The van der Waals surface area contributed by atoms with Gasteiger partial charge in [0.15, 0.2) is 5.12 Å². The monoisotopic (exact) mass is 332 g/mol. The van der Waals surface area contributed by atoms with Gasteiger partial charge in [-0.2, -0.15) is 0 Å². The maximum atomic E-state index is 12.1. The average molecular weight is 333 g/mol. The largest absolute Gasteiger partial charge is 0.422 e. The second kappa shape index (κ2) is 11.7. The molecular formula is C17H36O2SSi. The molecule has 0 aliphatic heterocycles. The van der Waals surface area contributed by atoms with Crippen molar-refractivity contribution >= 4 is 27.4 Å². The topological polar surface area (TPSA) is 26.3 Å². The molecule has 0 N–H and O–H groups in total. The van der Waals surface area contributed by atoms with Gasteiger partial charge in [0.2, 0.25) is 0 Å². The summed E-state index contributed by atoms with van der Waals surface area (Å²) in [5.74, 6) is 0.406. The Morgan fingerprint density at radius 3 is 2.29 bits per heavy atom. The van der Waals surface area contributed by atoms with Crippen molar-refractivity contribution in [2.45, 2.75) is 96.8 Å². The van der Waals surface area contributed by atoms with Crippen LogP contribution in [-0.4, -0.2) is 26.5 Å². The van der Waals surface area contributed by atoms with Gasteiger partial charge in [-0.25, -0.2) is 0 Å². The lowest BCUT2D eigenvalue weighted by atomic mass is 9.85. The Morgan fingerprint density at radius 2 is 1.76 bits per heavy atom. The Balaban J connectivity index is 4.15. The normalized spacial score (nSPS) is 17.4. The Hall–Kier alpha value is 0.197. The maximum absolute atomic E-state index is 12.1. The van der Waals surface area contributed by atoms with Gasteiger partial charge >= 0.3 is 0 Å². The van der Waals surface area contributed by atoms with Crippen LogP contribution < -0.4 is 0 Å². The molecule has 0 saturated heterocycles. The molecule has 0 aromatic rings. The van der Waals surface area contributed by atoms with Crippen LogP contribution in [0, 0.1) is 5.92 Å². The van der Waals surface area contributed by atoms with E-state index in [2.05, 4.69) is 34.6 Å². The average Bonchev–Trinajstić information content (AvgIpc) is 2.46. The van der Waals surface area contributed by atoms with Crippen LogP contribution in [0.1, 0.15) is 86.0 Å². The molecule has 0 aliphatic rings. The Kier molecular flexibility index (Phi) is 11.8. The van der Waals surface area contributed by atoms with E-state index in [1.807, 2.05) is 0 Å². The highest BCUT2D eigenvalue weighted by Crippen LogP contribution is 2.34. The van der Waals surface area contributed by atoms with E-state index in [0.717, 1.165) is 36.2 Å². The minimum atomic E-state index is -0.0607. The van der Waals surface area contributed by atoms with Crippen LogP contribution in [0.2, 0.25) is 0 Å². The summed E-state index contributed by atoms with van der Waals surface area (Å²) in [5.41, 5.74) is -0.0607. The lowest BCUT2D eigenvalue weighted by molar-refractivity contribution is -0.111. The number of carbonyl (C=O) groups is 1. The van der Waals surface area contributed by atoms with Crippen molar-refractivity contribution in [3.63, 3.8) is 0 Å². The van der Waals surface area contributed by atoms with Gasteiger partial charge in [-0.1, -0.05) is 71.6 Å². The molecule has 2 nitrogen and oxygen atoms in total. The molecule has 0 aromatic carbocycles. The minimum absolute atomic E-state index is 0.0607. The Bertz CT molecular complexity index is 286. The van der Waals surface area contributed by atoms with E-state index in [4.69, 9.17) is 4.43 Å². The Labute approximate surface area is 139 Å². The molecule has 3 atom stereocenters. The van der Waals surface area contributed by atoms with Crippen molar-refractivity contribution in [1.29, 1.82) is 0 Å². The first-order valence-corrected chi connectivity index (χ1v) is 10.4. The molecule has 3 unspecified atom stereocenters. The molecule has 21 heavy (non-hydrogen) atoms. The van der Waals surface area contributed by atoms with E-state index in [-0.39, 0.29) is 5.60 Å². The zero-order chi connectivity index (χ0) is 16.3. The van der Waals surface area contributed by atoms with Crippen LogP contribution in [0.3, 0.4) is 0 Å². The first kappa shape index (κ1) is 21.2. The summed E-state index contributed by atoms with van der Waals surface area (Å²) in [6.45, 7) is 11.0. The Morgan fingerprint density at radius 1 is 1.14 bits per heavy atom. The number of unbranched alkanes of at least 4 members (excludes halogenated alkanes) is 4. The minimum Gasteiger partial charge on any atom is -0.422 e. The predicted octanol–water partition coefficient (Wildman–Crippen LogP) is 4.49. The van der Waals surface area contributed by atoms with Crippen LogP contribution in [0.15, 0.2) is 0 Å². The zero-order valence-corrected chi connectivity index (χ0v) is 17.9. The van der Waals surface area contributed by atoms with Crippen LogP contribution in [0.4, 0.5) is 0 Å². The molecule has 0 spiro atoms. The second-order valence-electron chi connectivity index (χ2n) is 6.41. The van der Waals surface area contributed by atoms with Gasteiger partial charge in [-0.3, -0.25) is 4.79 Å². The molecule has 0 rings (SSSR count). The quantitative estimate of drug-likeness (QED) is 0.389. The van der Waals surface area contributed by atoms with E-state index >= 15 is 0 Å².